The van der Waals surface area contributed by atoms with Crippen molar-refractivity contribution in [3.8, 4) is 0 Å². The van der Waals surface area contributed by atoms with E-state index >= 15 is 0 Å². The molecule has 6 heteroatoms. The fourth-order valence-electron chi connectivity index (χ4n) is 2.27. The van der Waals surface area contributed by atoms with Gasteiger partial charge in [-0.25, -0.2) is 4.79 Å². The van der Waals surface area contributed by atoms with E-state index in [4.69, 9.17) is 4.74 Å². The molecule has 0 aliphatic carbocycles. The Morgan fingerprint density at radius 2 is 1.80 bits per heavy atom. The number of hydrogen-bond acceptors (Lipinski definition) is 4. The number of benzene rings is 2. The van der Waals surface area contributed by atoms with Gasteiger partial charge in [0.1, 0.15) is 6.04 Å². The molecule has 1 amide bonds. The maximum atomic E-state index is 12.3. The SMILES string of the molecule is CC(=O)NC(Cc1ccccc1)C(=O)OCC(=O)c1cccc(I)c1. The van der Waals surface area contributed by atoms with Gasteiger partial charge in [0.05, 0.1) is 0 Å². The average molecular weight is 451 g/mol. The lowest BCUT2D eigenvalue weighted by molar-refractivity contribution is -0.146. The zero-order valence-corrected chi connectivity index (χ0v) is 15.9. The molecule has 1 atom stereocenters. The fourth-order valence-corrected chi connectivity index (χ4v) is 2.81. The number of ketones is 1. The van der Waals surface area contributed by atoms with Crippen LogP contribution in [0.4, 0.5) is 0 Å². The predicted octanol–water partition coefficient (Wildman–Crippen LogP) is 2.76. The number of esters is 1. The third-order valence-electron chi connectivity index (χ3n) is 3.44. The van der Waals surface area contributed by atoms with Gasteiger partial charge < -0.3 is 10.1 Å². The van der Waals surface area contributed by atoms with Gasteiger partial charge in [-0.05, 0) is 40.3 Å². The van der Waals surface area contributed by atoms with Gasteiger partial charge in [0, 0.05) is 22.5 Å². The third kappa shape index (κ3) is 6.30. The highest BCUT2D eigenvalue weighted by Crippen LogP contribution is 2.09. The molecule has 0 fully saturated rings. The first kappa shape index (κ1) is 19.1. The summed E-state index contributed by atoms with van der Waals surface area (Å²) in [5, 5.41) is 2.57. The summed E-state index contributed by atoms with van der Waals surface area (Å²) in [4.78, 5) is 35.8. The van der Waals surface area contributed by atoms with E-state index in [9.17, 15) is 14.4 Å². The first-order chi connectivity index (χ1) is 12.0. The van der Waals surface area contributed by atoms with Crippen molar-refractivity contribution in [1.29, 1.82) is 0 Å². The van der Waals surface area contributed by atoms with Gasteiger partial charge in [-0.2, -0.15) is 0 Å². The van der Waals surface area contributed by atoms with Crippen molar-refractivity contribution in [3.05, 3.63) is 69.3 Å². The normalized spacial score (nSPS) is 11.4. The van der Waals surface area contributed by atoms with E-state index in [1.807, 2.05) is 36.4 Å². The zero-order valence-electron chi connectivity index (χ0n) is 13.7. The molecule has 1 unspecified atom stereocenters. The summed E-state index contributed by atoms with van der Waals surface area (Å²) in [6.07, 6.45) is 0.302. The van der Waals surface area contributed by atoms with Crippen LogP contribution in [0.3, 0.4) is 0 Å². The Morgan fingerprint density at radius 1 is 1.08 bits per heavy atom. The van der Waals surface area contributed by atoms with Crippen LogP contribution in [0.5, 0.6) is 0 Å². The van der Waals surface area contributed by atoms with Crippen LogP contribution in [0.25, 0.3) is 0 Å². The van der Waals surface area contributed by atoms with E-state index in [-0.39, 0.29) is 18.3 Å². The van der Waals surface area contributed by atoms with Crippen LogP contribution in [0.2, 0.25) is 0 Å². The highest BCUT2D eigenvalue weighted by atomic mass is 127. The lowest BCUT2D eigenvalue weighted by Gasteiger charge is -2.16. The summed E-state index contributed by atoms with van der Waals surface area (Å²) in [7, 11) is 0. The predicted molar refractivity (Wildman–Crippen MR) is 102 cm³/mol. The van der Waals surface area contributed by atoms with Crippen molar-refractivity contribution in [2.45, 2.75) is 19.4 Å². The van der Waals surface area contributed by atoms with E-state index in [0.717, 1.165) is 9.13 Å². The number of nitrogens with one attached hydrogen (secondary N) is 1. The van der Waals surface area contributed by atoms with E-state index in [1.165, 1.54) is 6.92 Å². The molecule has 5 nitrogen and oxygen atoms in total. The maximum Gasteiger partial charge on any atom is 0.329 e. The number of amides is 1. The van der Waals surface area contributed by atoms with Crippen LogP contribution in [0.15, 0.2) is 54.6 Å². The standard InChI is InChI=1S/C19H18INO4/c1-13(22)21-17(10-14-6-3-2-4-7-14)19(24)25-12-18(23)15-8-5-9-16(20)11-15/h2-9,11,17H,10,12H2,1H3,(H,21,22). The first-order valence-corrected chi connectivity index (χ1v) is 8.80. The number of carbonyl (C=O) groups excluding carboxylic acids is 3. The summed E-state index contributed by atoms with van der Waals surface area (Å²) < 4.78 is 6.05. The highest BCUT2D eigenvalue weighted by molar-refractivity contribution is 14.1. The summed E-state index contributed by atoms with van der Waals surface area (Å²) in [5.41, 5.74) is 1.38. The van der Waals surface area contributed by atoms with Crippen LogP contribution in [0.1, 0.15) is 22.8 Å². The largest absolute Gasteiger partial charge is 0.456 e. The Bertz CT molecular complexity index is 761. The van der Waals surface area contributed by atoms with Gasteiger partial charge in [0.15, 0.2) is 12.4 Å². The molecule has 0 aromatic heterocycles. The summed E-state index contributed by atoms with van der Waals surface area (Å²) in [6.45, 7) is 0.978. The number of ether oxygens (including phenoxy) is 1. The molecule has 0 aliphatic rings. The molecule has 130 valence electrons. The van der Waals surface area contributed by atoms with Crippen LogP contribution < -0.4 is 5.32 Å². The minimum atomic E-state index is -0.830. The van der Waals surface area contributed by atoms with E-state index in [1.54, 1.807) is 18.2 Å². The smallest absolute Gasteiger partial charge is 0.329 e. The fraction of sp³-hybridized carbons (Fsp3) is 0.211. The highest BCUT2D eigenvalue weighted by Gasteiger charge is 2.22. The lowest BCUT2D eigenvalue weighted by Crippen LogP contribution is -2.42. The van der Waals surface area contributed by atoms with Crippen LogP contribution in [0, 0.1) is 3.57 Å². The number of halogens is 1. The van der Waals surface area contributed by atoms with Gasteiger partial charge in [-0.15, -0.1) is 0 Å². The van der Waals surface area contributed by atoms with Gasteiger partial charge in [-0.1, -0.05) is 42.5 Å². The van der Waals surface area contributed by atoms with E-state index in [0.29, 0.717) is 12.0 Å². The van der Waals surface area contributed by atoms with E-state index in [2.05, 4.69) is 27.9 Å². The van der Waals surface area contributed by atoms with Crippen LogP contribution in [-0.2, 0) is 20.7 Å². The quantitative estimate of drug-likeness (QED) is 0.399. The van der Waals surface area contributed by atoms with Crippen molar-refractivity contribution >= 4 is 40.3 Å². The molecule has 1 N–H and O–H groups in total. The molecule has 2 aromatic carbocycles. The van der Waals surface area contributed by atoms with Crippen molar-refractivity contribution in [1.82, 2.24) is 5.32 Å². The Balaban J connectivity index is 1.99. The third-order valence-corrected chi connectivity index (χ3v) is 4.11. The Morgan fingerprint density at radius 3 is 2.44 bits per heavy atom. The van der Waals surface area contributed by atoms with E-state index < -0.39 is 12.0 Å². The minimum Gasteiger partial charge on any atom is -0.456 e. The molecule has 0 bridgehead atoms. The topological polar surface area (TPSA) is 72.5 Å². The summed E-state index contributed by atoms with van der Waals surface area (Å²) >= 11 is 2.11. The first-order valence-electron chi connectivity index (χ1n) is 7.72. The molecule has 0 saturated heterocycles. The maximum absolute atomic E-state index is 12.3. The van der Waals surface area contributed by atoms with Crippen molar-refractivity contribution in [2.24, 2.45) is 0 Å². The van der Waals surface area contributed by atoms with Crippen molar-refractivity contribution in [2.75, 3.05) is 6.61 Å². The molecule has 0 saturated carbocycles. The van der Waals surface area contributed by atoms with Gasteiger partial charge in [0.25, 0.3) is 0 Å². The van der Waals surface area contributed by atoms with Gasteiger partial charge in [-0.3, -0.25) is 9.59 Å². The van der Waals surface area contributed by atoms with Gasteiger partial charge in [0.2, 0.25) is 5.91 Å². The number of carbonyl (C=O) groups is 3. The molecule has 2 rings (SSSR count). The Hall–Kier alpha value is -2.22. The monoisotopic (exact) mass is 451 g/mol. The number of Topliss-reactive ketones (excluding diaryl/α,β-unsaturated/α-hetero) is 1. The van der Waals surface area contributed by atoms with Crippen molar-refractivity contribution in [3.63, 3.8) is 0 Å². The Labute approximate surface area is 159 Å². The molecule has 25 heavy (non-hydrogen) atoms. The molecule has 0 heterocycles. The van der Waals surface area contributed by atoms with Crippen LogP contribution in [-0.4, -0.2) is 30.3 Å². The van der Waals surface area contributed by atoms with Crippen molar-refractivity contribution < 1.29 is 19.1 Å². The average Bonchev–Trinajstić information content (AvgIpc) is 2.59. The molecule has 0 aliphatic heterocycles. The lowest BCUT2D eigenvalue weighted by atomic mass is 10.1. The zero-order chi connectivity index (χ0) is 18.2. The molecule has 2 aromatic rings. The molecular weight excluding hydrogens is 433 g/mol. The molecule has 0 spiro atoms. The Kier molecular flexibility index (Phi) is 7.12. The molecule has 0 radical (unpaired) electrons. The number of hydrogen-bond donors (Lipinski definition) is 1. The summed E-state index contributed by atoms with van der Waals surface area (Å²) in [6, 6.07) is 15.5. The minimum absolute atomic E-state index is 0.284. The van der Waals surface area contributed by atoms with Crippen LogP contribution >= 0.6 is 22.6 Å². The number of rotatable bonds is 7. The molecular formula is C19H18INO4. The second-order valence-electron chi connectivity index (χ2n) is 5.48. The summed E-state index contributed by atoms with van der Waals surface area (Å²) in [5.74, 6) is -1.24. The second kappa shape index (κ2) is 9.31. The second-order valence-corrected chi connectivity index (χ2v) is 6.73. The van der Waals surface area contributed by atoms with Gasteiger partial charge >= 0.3 is 5.97 Å².